The van der Waals surface area contributed by atoms with Crippen LogP contribution in [-0.2, 0) is 0 Å². The van der Waals surface area contributed by atoms with E-state index in [9.17, 15) is 0 Å². The predicted molar refractivity (Wildman–Crippen MR) is 56.3 cm³/mol. The van der Waals surface area contributed by atoms with Gasteiger partial charge in [0.15, 0.2) is 0 Å². The minimum absolute atomic E-state index is 0.422. The van der Waals surface area contributed by atoms with Crippen molar-refractivity contribution in [2.24, 2.45) is 0 Å². The molecule has 1 fully saturated rings. The van der Waals surface area contributed by atoms with Crippen LogP contribution < -0.4 is 0 Å². The molecule has 0 saturated carbocycles. The van der Waals surface area contributed by atoms with E-state index in [1.807, 2.05) is 6.07 Å². The number of likely N-dealkylation sites (tertiary alicyclic amines) is 1. The summed E-state index contributed by atoms with van der Waals surface area (Å²) in [4.78, 5) is 2.42. The van der Waals surface area contributed by atoms with Gasteiger partial charge in [0, 0.05) is 0 Å². The molecular formula is C10H14ClN3. The molecule has 2 heterocycles. The number of aromatic nitrogens is 2. The normalized spacial score (nSPS) is 22.9. The first-order valence-electron chi connectivity index (χ1n) is 5.03. The third-order valence-corrected chi connectivity index (χ3v) is 2.96. The molecule has 1 aliphatic rings. The summed E-state index contributed by atoms with van der Waals surface area (Å²) in [6.45, 7) is 4.41. The molecule has 1 unspecified atom stereocenters. The Kier molecular flexibility index (Phi) is 2.99. The van der Waals surface area contributed by atoms with Crippen molar-refractivity contribution in [2.45, 2.75) is 25.8 Å². The van der Waals surface area contributed by atoms with Crippen molar-refractivity contribution in [3.63, 3.8) is 0 Å². The molecule has 0 aliphatic carbocycles. The van der Waals surface area contributed by atoms with E-state index >= 15 is 0 Å². The van der Waals surface area contributed by atoms with Gasteiger partial charge in [0.05, 0.1) is 23.0 Å². The van der Waals surface area contributed by atoms with E-state index in [1.54, 1.807) is 6.20 Å². The highest BCUT2D eigenvalue weighted by molar-refractivity contribution is 6.30. The molecule has 76 valence electrons. The molecule has 1 saturated heterocycles. The SMILES string of the molecule is CCN1CCCC1c1cc(Cl)cnn1. The van der Waals surface area contributed by atoms with E-state index in [-0.39, 0.29) is 0 Å². The highest BCUT2D eigenvalue weighted by Gasteiger charge is 2.25. The molecule has 1 aliphatic heterocycles. The predicted octanol–water partition coefficient (Wildman–Crippen LogP) is 2.29. The minimum atomic E-state index is 0.422. The second-order valence-electron chi connectivity index (χ2n) is 3.59. The van der Waals surface area contributed by atoms with E-state index in [2.05, 4.69) is 22.0 Å². The number of hydrogen-bond acceptors (Lipinski definition) is 3. The van der Waals surface area contributed by atoms with Crippen molar-refractivity contribution in [2.75, 3.05) is 13.1 Å². The average molecular weight is 212 g/mol. The Labute approximate surface area is 89.1 Å². The van der Waals surface area contributed by atoms with Crippen LogP contribution in [-0.4, -0.2) is 28.2 Å². The van der Waals surface area contributed by atoms with Crippen molar-refractivity contribution in [1.29, 1.82) is 0 Å². The van der Waals surface area contributed by atoms with Gasteiger partial charge < -0.3 is 0 Å². The van der Waals surface area contributed by atoms with Crippen LogP contribution in [0.4, 0.5) is 0 Å². The standard InChI is InChI=1S/C10H14ClN3/c1-2-14-5-3-4-10(14)9-6-8(11)7-12-13-9/h6-7,10H,2-5H2,1H3. The zero-order valence-corrected chi connectivity index (χ0v) is 9.04. The molecule has 0 amide bonds. The van der Waals surface area contributed by atoms with E-state index in [0.717, 1.165) is 18.8 Å². The van der Waals surface area contributed by atoms with Crippen molar-refractivity contribution in [1.82, 2.24) is 15.1 Å². The first-order chi connectivity index (χ1) is 6.81. The molecule has 0 bridgehead atoms. The van der Waals surface area contributed by atoms with Crippen LogP contribution in [0.5, 0.6) is 0 Å². The molecule has 1 atom stereocenters. The Balaban J connectivity index is 2.21. The van der Waals surface area contributed by atoms with Gasteiger partial charge in [-0.05, 0) is 32.0 Å². The summed E-state index contributed by atoms with van der Waals surface area (Å²) in [6.07, 6.45) is 3.99. The molecule has 0 spiro atoms. The lowest BCUT2D eigenvalue weighted by atomic mass is 10.1. The van der Waals surface area contributed by atoms with Crippen molar-refractivity contribution >= 4 is 11.6 Å². The Bertz CT molecular complexity index is 316. The Morgan fingerprint density at radius 3 is 3.21 bits per heavy atom. The molecule has 0 radical (unpaired) electrons. The Hall–Kier alpha value is -0.670. The zero-order valence-electron chi connectivity index (χ0n) is 8.28. The van der Waals surface area contributed by atoms with Crippen LogP contribution in [0.3, 0.4) is 0 Å². The maximum Gasteiger partial charge on any atom is 0.0817 e. The average Bonchev–Trinajstić information content (AvgIpc) is 2.65. The number of hydrogen-bond donors (Lipinski definition) is 0. The monoisotopic (exact) mass is 211 g/mol. The summed E-state index contributed by atoms with van der Waals surface area (Å²) < 4.78 is 0. The smallest absolute Gasteiger partial charge is 0.0817 e. The molecule has 14 heavy (non-hydrogen) atoms. The summed E-state index contributed by atoms with van der Waals surface area (Å²) in [5.74, 6) is 0. The van der Waals surface area contributed by atoms with Crippen molar-refractivity contribution < 1.29 is 0 Å². The summed E-state index contributed by atoms with van der Waals surface area (Å²) >= 11 is 5.89. The maximum atomic E-state index is 5.89. The highest BCUT2D eigenvalue weighted by Crippen LogP contribution is 2.30. The van der Waals surface area contributed by atoms with Crippen LogP contribution in [0, 0.1) is 0 Å². The maximum absolute atomic E-state index is 5.89. The fourth-order valence-corrected chi connectivity index (χ4v) is 2.22. The molecule has 1 aromatic heterocycles. The third kappa shape index (κ3) is 1.88. The fourth-order valence-electron chi connectivity index (χ4n) is 2.06. The van der Waals surface area contributed by atoms with E-state index in [4.69, 9.17) is 11.6 Å². The van der Waals surface area contributed by atoms with Crippen molar-refractivity contribution in [3.05, 3.63) is 23.0 Å². The topological polar surface area (TPSA) is 29.0 Å². The number of rotatable bonds is 2. The molecule has 2 rings (SSSR count). The van der Waals surface area contributed by atoms with Gasteiger partial charge >= 0.3 is 0 Å². The number of nitrogens with zero attached hydrogens (tertiary/aromatic N) is 3. The molecule has 1 aromatic rings. The van der Waals surface area contributed by atoms with Gasteiger partial charge in [0.2, 0.25) is 0 Å². The van der Waals surface area contributed by atoms with Crippen LogP contribution in [0.2, 0.25) is 5.02 Å². The van der Waals surface area contributed by atoms with Crippen LogP contribution >= 0.6 is 11.6 Å². The third-order valence-electron chi connectivity index (χ3n) is 2.75. The van der Waals surface area contributed by atoms with Gasteiger partial charge in [-0.15, -0.1) is 0 Å². The van der Waals surface area contributed by atoms with Crippen LogP contribution in [0.25, 0.3) is 0 Å². The summed E-state index contributed by atoms with van der Waals surface area (Å²) in [5.41, 5.74) is 1.01. The van der Waals surface area contributed by atoms with Crippen LogP contribution in [0.1, 0.15) is 31.5 Å². The second-order valence-corrected chi connectivity index (χ2v) is 4.02. The number of halogens is 1. The van der Waals surface area contributed by atoms with E-state index in [0.29, 0.717) is 11.1 Å². The minimum Gasteiger partial charge on any atom is -0.295 e. The lowest BCUT2D eigenvalue weighted by molar-refractivity contribution is 0.266. The second kappa shape index (κ2) is 4.24. The van der Waals surface area contributed by atoms with Gasteiger partial charge in [-0.3, -0.25) is 4.90 Å². The highest BCUT2D eigenvalue weighted by atomic mass is 35.5. The van der Waals surface area contributed by atoms with Gasteiger partial charge in [0.1, 0.15) is 0 Å². The first kappa shape index (κ1) is 9.87. The molecular weight excluding hydrogens is 198 g/mol. The van der Waals surface area contributed by atoms with Crippen LogP contribution in [0.15, 0.2) is 12.3 Å². The molecule has 0 aromatic carbocycles. The molecule has 0 N–H and O–H groups in total. The van der Waals surface area contributed by atoms with E-state index < -0.39 is 0 Å². The summed E-state index contributed by atoms with van der Waals surface area (Å²) in [5, 5.41) is 8.71. The fraction of sp³-hybridized carbons (Fsp3) is 0.600. The lowest BCUT2D eigenvalue weighted by Gasteiger charge is -2.21. The Morgan fingerprint density at radius 1 is 1.64 bits per heavy atom. The van der Waals surface area contributed by atoms with Gasteiger partial charge in [-0.1, -0.05) is 18.5 Å². The van der Waals surface area contributed by atoms with Gasteiger partial charge in [-0.2, -0.15) is 10.2 Å². The quantitative estimate of drug-likeness (QED) is 0.752. The summed E-state index contributed by atoms with van der Waals surface area (Å²) in [7, 11) is 0. The zero-order chi connectivity index (χ0) is 9.97. The molecule has 3 nitrogen and oxygen atoms in total. The molecule has 4 heteroatoms. The Morgan fingerprint density at radius 2 is 2.50 bits per heavy atom. The first-order valence-corrected chi connectivity index (χ1v) is 5.41. The van der Waals surface area contributed by atoms with E-state index in [1.165, 1.54) is 12.8 Å². The van der Waals surface area contributed by atoms with Gasteiger partial charge in [-0.25, -0.2) is 0 Å². The van der Waals surface area contributed by atoms with Crippen molar-refractivity contribution in [3.8, 4) is 0 Å². The summed E-state index contributed by atoms with van der Waals surface area (Å²) in [6, 6.07) is 2.35. The largest absolute Gasteiger partial charge is 0.295 e. The van der Waals surface area contributed by atoms with Gasteiger partial charge in [0.25, 0.3) is 0 Å². The lowest BCUT2D eigenvalue weighted by Crippen LogP contribution is -2.23.